The number of aliphatic hydroxyl groups excluding tert-OH is 1. The summed E-state index contributed by atoms with van der Waals surface area (Å²) in [6.07, 6.45) is 6.27. The number of anilines is 1. The zero-order valence-corrected chi connectivity index (χ0v) is 15.1. The summed E-state index contributed by atoms with van der Waals surface area (Å²) in [5, 5.41) is 13.4. The molecule has 1 aliphatic heterocycles. The SMILES string of the molecule is CCCc1cc(N2CC[C@@H](NC(=O)c3cnccn3)[C@H](O)C2)nc(C)n1. The molecule has 0 aliphatic carbocycles. The van der Waals surface area contributed by atoms with Gasteiger partial charge in [0.1, 0.15) is 17.3 Å². The molecular formula is C18H24N6O2. The van der Waals surface area contributed by atoms with Crippen molar-refractivity contribution < 1.29 is 9.90 Å². The van der Waals surface area contributed by atoms with Gasteiger partial charge in [-0.15, -0.1) is 0 Å². The van der Waals surface area contributed by atoms with Gasteiger partial charge >= 0.3 is 0 Å². The monoisotopic (exact) mass is 356 g/mol. The summed E-state index contributed by atoms with van der Waals surface area (Å²) in [7, 11) is 0. The summed E-state index contributed by atoms with van der Waals surface area (Å²) in [6, 6.07) is 1.67. The maximum Gasteiger partial charge on any atom is 0.271 e. The number of nitrogens with zero attached hydrogens (tertiary/aromatic N) is 5. The summed E-state index contributed by atoms with van der Waals surface area (Å²) < 4.78 is 0. The predicted octanol–water partition coefficient (Wildman–Crippen LogP) is 0.897. The van der Waals surface area contributed by atoms with Crippen molar-refractivity contribution in [3.8, 4) is 0 Å². The number of piperidine rings is 1. The molecule has 2 N–H and O–H groups in total. The van der Waals surface area contributed by atoms with Gasteiger partial charge < -0.3 is 15.3 Å². The first-order chi connectivity index (χ1) is 12.6. The maximum atomic E-state index is 12.2. The van der Waals surface area contributed by atoms with E-state index in [-0.39, 0.29) is 17.6 Å². The maximum absolute atomic E-state index is 12.2. The van der Waals surface area contributed by atoms with Gasteiger partial charge in [-0.1, -0.05) is 13.3 Å². The van der Waals surface area contributed by atoms with Crippen molar-refractivity contribution in [1.82, 2.24) is 25.3 Å². The Bertz CT molecular complexity index is 755. The van der Waals surface area contributed by atoms with Gasteiger partial charge in [-0.25, -0.2) is 15.0 Å². The molecule has 8 heteroatoms. The van der Waals surface area contributed by atoms with Crippen LogP contribution in [0.4, 0.5) is 5.82 Å². The molecular weight excluding hydrogens is 332 g/mol. The van der Waals surface area contributed by atoms with E-state index in [1.807, 2.05) is 17.9 Å². The van der Waals surface area contributed by atoms with Crippen molar-refractivity contribution in [2.75, 3.05) is 18.0 Å². The van der Waals surface area contributed by atoms with E-state index in [9.17, 15) is 9.90 Å². The zero-order chi connectivity index (χ0) is 18.5. The fourth-order valence-corrected chi connectivity index (χ4v) is 3.13. The second kappa shape index (κ2) is 8.18. The number of β-amino-alcohol motifs (C(OH)–C–C–N with tert-alkyl or cyclic N) is 1. The van der Waals surface area contributed by atoms with Gasteiger partial charge in [0.15, 0.2) is 0 Å². The van der Waals surface area contributed by atoms with Crippen molar-refractivity contribution in [3.05, 3.63) is 41.9 Å². The Kier molecular flexibility index (Phi) is 5.72. The van der Waals surface area contributed by atoms with Crippen LogP contribution in [0, 0.1) is 6.92 Å². The predicted molar refractivity (Wildman–Crippen MR) is 96.9 cm³/mol. The number of carbonyl (C=O) groups is 1. The molecule has 1 aliphatic rings. The van der Waals surface area contributed by atoms with Crippen molar-refractivity contribution in [2.45, 2.75) is 45.3 Å². The highest BCUT2D eigenvalue weighted by atomic mass is 16.3. The van der Waals surface area contributed by atoms with E-state index in [2.05, 4.69) is 32.2 Å². The standard InChI is InChI=1S/C18H24N6O2/c1-3-4-13-9-17(22-12(2)21-13)24-8-5-14(16(25)11-24)23-18(26)15-10-19-6-7-20-15/h6-7,9-10,14,16,25H,3-5,8,11H2,1-2H3,(H,23,26)/t14-,16-/m1/s1. The van der Waals surface area contributed by atoms with Crippen molar-refractivity contribution in [3.63, 3.8) is 0 Å². The molecule has 1 amide bonds. The molecule has 2 aromatic rings. The fraction of sp³-hybridized carbons (Fsp3) is 0.500. The van der Waals surface area contributed by atoms with E-state index < -0.39 is 6.10 Å². The van der Waals surface area contributed by atoms with Crippen molar-refractivity contribution in [2.24, 2.45) is 0 Å². The summed E-state index contributed by atoms with van der Waals surface area (Å²) in [5.74, 6) is 1.25. The van der Waals surface area contributed by atoms with Crippen LogP contribution in [0.25, 0.3) is 0 Å². The minimum Gasteiger partial charge on any atom is -0.389 e. The number of aliphatic hydroxyl groups is 1. The van der Waals surface area contributed by atoms with Crippen LogP contribution in [-0.2, 0) is 6.42 Å². The van der Waals surface area contributed by atoms with Gasteiger partial charge in [-0.05, 0) is 19.8 Å². The largest absolute Gasteiger partial charge is 0.389 e. The van der Waals surface area contributed by atoms with Gasteiger partial charge in [0.2, 0.25) is 0 Å². The first kappa shape index (κ1) is 18.2. The van der Waals surface area contributed by atoms with Crippen LogP contribution >= 0.6 is 0 Å². The van der Waals surface area contributed by atoms with Crippen LogP contribution in [-0.4, -0.2) is 56.2 Å². The molecule has 138 valence electrons. The third-order valence-electron chi connectivity index (χ3n) is 4.40. The molecule has 0 radical (unpaired) electrons. The van der Waals surface area contributed by atoms with E-state index in [0.717, 1.165) is 30.2 Å². The summed E-state index contributed by atoms with van der Waals surface area (Å²) in [4.78, 5) is 31.1. The molecule has 3 heterocycles. The summed E-state index contributed by atoms with van der Waals surface area (Å²) in [6.45, 7) is 5.11. The van der Waals surface area contributed by atoms with Gasteiger partial charge in [-0.2, -0.15) is 0 Å². The molecule has 2 aromatic heterocycles. The quantitative estimate of drug-likeness (QED) is 0.820. The average molecular weight is 356 g/mol. The van der Waals surface area contributed by atoms with Crippen LogP contribution in [0.15, 0.2) is 24.7 Å². The smallest absolute Gasteiger partial charge is 0.271 e. The van der Waals surface area contributed by atoms with Gasteiger partial charge in [0.05, 0.1) is 18.3 Å². The average Bonchev–Trinajstić information content (AvgIpc) is 2.64. The van der Waals surface area contributed by atoms with E-state index in [1.54, 1.807) is 0 Å². The topological polar surface area (TPSA) is 104 Å². The minimum absolute atomic E-state index is 0.248. The lowest BCUT2D eigenvalue weighted by Crippen LogP contribution is -2.54. The van der Waals surface area contributed by atoms with E-state index in [0.29, 0.717) is 19.5 Å². The lowest BCUT2D eigenvalue weighted by Gasteiger charge is -2.37. The van der Waals surface area contributed by atoms with Gasteiger partial charge in [-0.3, -0.25) is 9.78 Å². The lowest BCUT2D eigenvalue weighted by atomic mass is 10.0. The number of hydrogen-bond acceptors (Lipinski definition) is 7. The van der Waals surface area contributed by atoms with E-state index in [1.165, 1.54) is 18.6 Å². The highest BCUT2D eigenvalue weighted by molar-refractivity contribution is 5.92. The third kappa shape index (κ3) is 4.32. The fourth-order valence-electron chi connectivity index (χ4n) is 3.13. The Morgan fingerprint density at radius 3 is 2.92 bits per heavy atom. The molecule has 8 nitrogen and oxygen atoms in total. The molecule has 3 rings (SSSR count). The minimum atomic E-state index is -0.686. The van der Waals surface area contributed by atoms with Crippen molar-refractivity contribution in [1.29, 1.82) is 0 Å². The Balaban J connectivity index is 1.64. The number of amides is 1. The van der Waals surface area contributed by atoms with Gasteiger partial charge in [0, 0.05) is 37.2 Å². The molecule has 0 unspecified atom stereocenters. The number of carbonyl (C=O) groups excluding carboxylic acids is 1. The Morgan fingerprint density at radius 1 is 1.38 bits per heavy atom. The Labute approximate surface area is 152 Å². The number of rotatable bonds is 5. The Hall–Kier alpha value is -2.61. The van der Waals surface area contributed by atoms with Crippen LogP contribution < -0.4 is 10.2 Å². The van der Waals surface area contributed by atoms with E-state index >= 15 is 0 Å². The molecule has 0 spiro atoms. The van der Waals surface area contributed by atoms with Crippen LogP contribution in [0.2, 0.25) is 0 Å². The number of aromatic nitrogens is 4. The van der Waals surface area contributed by atoms with E-state index in [4.69, 9.17) is 0 Å². The van der Waals surface area contributed by atoms with Crippen LogP contribution in [0.3, 0.4) is 0 Å². The normalized spacial score (nSPS) is 20.0. The summed E-state index contributed by atoms with van der Waals surface area (Å²) >= 11 is 0. The van der Waals surface area contributed by atoms with Crippen LogP contribution in [0.5, 0.6) is 0 Å². The molecule has 26 heavy (non-hydrogen) atoms. The molecule has 0 aromatic carbocycles. The number of nitrogens with one attached hydrogen (secondary N) is 1. The van der Waals surface area contributed by atoms with Crippen LogP contribution in [0.1, 0.15) is 41.8 Å². The Morgan fingerprint density at radius 2 is 2.23 bits per heavy atom. The zero-order valence-electron chi connectivity index (χ0n) is 15.1. The molecule has 2 atom stereocenters. The molecule has 0 bridgehead atoms. The van der Waals surface area contributed by atoms with Gasteiger partial charge in [0.25, 0.3) is 5.91 Å². The first-order valence-corrected chi connectivity index (χ1v) is 8.91. The third-order valence-corrected chi connectivity index (χ3v) is 4.40. The highest BCUT2D eigenvalue weighted by Gasteiger charge is 2.30. The number of aryl methyl sites for hydroxylation is 2. The molecule has 0 saturated carbocycles. The van der Waals surface area contributed by atoms with Crippen molar-refractivity contribution >= 4 is 11.7 Å². The summed E-state index contributed by atoms with van der Waals surface area (Å²) in [5.41, 5.74) is 1.26. The second-order valence-electron chi connectivity index (χ2n) is 6.49. The second-order valence-corrected chi connectivity index (χ2v) is 6.49. The highest BCUT2D eigenvalue weighted by Crippen LogP contribution is 2.20. The molecule has 1 fully saturated rings. The first-order valence-electron chi connectivity index (χ1n) is 8.91. The lowest BCUT2D eigenvalue weighted by molar-refractivity contribution is 0.0793. The molecule has 1 saturated heterocycles. The number of hydrogen-bond donors (Lipinski definition) is 2.